The minimum atomic E-state index is 0. The predicted octanol–water partition coefficient (Wildman–Crippen LogP) is 5.15. The monoisotopic (exact) mass is 302 g/mol. The van der Waals surface area contributed by atoms with Gasteiger partial charge >= 0.3 is 0 Å². The van der Waals surface area contributed by atoms with Gasteiger partial charge in [0, 0.05) is 19.1 Å². The topological polar surface area (TPSA) is 16.8 Å². The molecule has 0 amide bonds. The second kappa shape index (κ2) is 9.48. The van der Waals surface area contributed by atoms with E-state index < -0.39 is 0 Å². The minimum absolute atomic E-state index is 0. The van der Waals surface area contributed by atoms with E-state index in [1.807, 2.05) is 12.1 Å². The third-order valence-corrected chi connectivity index (χ3v) is 4.51. The lowest BCUT2D eigenvalue weighted by Gasteiger charge is -2.37. The Kier molecular flexibility index (Phi) is 7.98. The zero-order valence-corrected chi connectivity index (χ0v) is 13.2. The largest absolute Gasteiger partial charge is 0.494 e. The molecule has 3 heteroatoms. The van der Waals surface area contributed by atoms with Crippen molar-refractivity contribution in [2.45, 2.75) is 53.0 Å². The maximum Gasteiger partial charge on any atom is 0.187 e. The highest BCUT2D eigenvalue weighted by Crippen LogP contribution is 2.24. The summed E-state index contributed by atoms with van der Waals surface area (Å²) >= 11 is 0. The summed E-state index contributed by atoms with van der Waals surface area (Å²) < 4.78 is 5.76. The van der Waals surface area contributed by atoms with Crippen molar-refractivity contribution in [3.05, 3.63) is 35.7 Å². The number of nitrogens with zero attached hydrogens (tertiary/aromatic N) is 2. The fourth-order valence-electron chi connectivity index (χ4n) is 2.98. The van der Waals surface area contributed by atoms with Gasteiger partial charge in [-0.25, -0.2) is 4.85 Å². The van der Waals surface area contributed by atoms with E-state index in [9.17, 15) is 0 Å². The third kappa shape index (κ3) is 5.35. The molecule has 2 rings (SSSR count). The molecule has 0 aromatic heterocycles. The molecule has 1 aromatic carbocycles. The third-order valence-electron chi connectivity index (χ3n) is 4.51. The van der Waals surface area contributed by atoms with E-state index in [2.05, 4.69) is 23.6 Å². The smallest absolute Gasteiger partial charge is 0.187 e. The molecule has 1 aliphatic heterocycles. The fourth-order valence-corrected chi connectivity index (χ4v) is 2.98. The molecule has 1 saturated heterocycles. The van der Waals surface area contributed by atoms with Gasteiger partial charge < -0.3 is 9.64 Å². The molecule has 3 nitrogen and oxygen atoms in total. The Morgan fingerprint density at radius 2 is 2.00 bits per heavy atom. The number of likely N-dealkylation sites (tertiary alicyclic amines) is 1. The van der Waals surface area contributed by atoms with Gasteiger partial charge in [-0.05, 0) is 44.2 Å². The Morgan fingerprint density at radius 3 is 2.64 bits per heavy atom. The van der Waals surface area contributed by atoms with Crippen LogP contribution < -0.4 is 4.74 Å². The molecule has 0 N–H and O–H groups in total. The van der Waals surface area contributed by atoms with E-state index in [0.29, 0.717) is 11.7 Å². The number of ether oxygens (including phenoxy) is 1. The van der Waals surface area contributed by atoms with Crippen LogP contribution in [0.15, 0.2) is 24.3 Å². The van der Waals surface area contributed by atoms with Crippen LogP contribution in [0.5, 0.6) is 5.75 Å². The van der Waals surface area contributed by atoms with E-state index in [1.54, 1.807) is 12.1 Å². The molecule has 2 atom stereocenters. The first-order chi connectivity index (χ1) is 10.2. The number of rotatable bonds is 6. The highest BCUT2D eigenvalue weighted by molar-refractivity contribution is 5.46. The summed E-state index contributed by atoms with van der Waals surface area (Å²) in [4.78, 5) is 5.99. The number of hydrogen-bond donors (Lipinski definition) is 0. The van der Waals surface area contributed by atoms with Crippen LogP contribution in [0.2, 0.25) is 0 Å². The Morgan fingerprint density at radius 1 is 1.27 bits per heavy atom. The van der Waals surface area contributed by atoms with Crippen LogP contribution >= 0.6 is 0 Å². The lowest BCUT2D eigenvalue weighted by atomic mass is 9.91. The van der Waals surface area contributed by atoms with Gasteiger partial charge in [0.2, 0.25) is 0 Å². The molecular formula is C19H30N2O. The zero-order valence-electron chi connectivity index (χ0n) is 13.2. The molecular weight excluding hydrogens is 272 g/mol. The zero-order chi connectivity index (χ0) is 15.1. The normalized spacial score (nSPS) is 21.7. The molecule has 2 unspecified atom stereocenters. The van der Waals surface area contributed by atoms with Crippen LogP contribution in [0.1, 0.15) is 47.0 Å². The van der Waals surface area contributed by atoms with Gasteiger partial charge in [0.15, 0.2) is 5.69 Å². The molecule has 0 bridgehead atoms. The SMILES string of the molecule is C.[C-]#[N+]c1ccc(OCCCN2CC(CC)CCC2C)cc1. The fraction of sp³-hybridized carbons (Fsp3) is 0.632. The summed E-state index contributed by atoms with van der Waals surface area (Å²) in [6.45, 7) is 14.7. The molecule has 1 aromatic rings. The van der Waals surface area contributed by atoms with Gasteiger partial charge in [0.05, 0.1) is 13.2 Å². The minimum Gasteiger partial charge on any atom is -0.494 e. The first-order valence-electron chi connectivity index (χ1n) is 8.07. The standard InChI is InChI=1S/C18H26N2O.CH4/c1-4-16-7-6-15(2)20(14-16)12-5-13-21-18-10-8-17(19-3)9-11-18;/h8-11,15-16H,4-7,12-14H2,1-2H3;1H4. The lowest BCUT2D eigenvalue weighted by molar-refractivity contribution is 0.108. The Labute approximate surface area is 136 Å². The average molecular weight is 302 g/mol. The summed E-state index contributed by atoms with van der Waals surface area (Å²) in [7, 11) is 0. The van der Waals surface area contributed by atoms with Crippen molar-refractivity contribution >= 4 is 5.69 Å². The van der Waals surface area contributed by atoms with Crippen LogP contribution in [0.4, 0.5) is 5.69 Å². The van der Waals surface area contributed by atoms with Crippen LogP contribution in [-0.4, -0.2) is 30.6 Å². The maximum absolute atomic E-state index is 6.93. The molecule has 0 aliphatic carbocycles. The number of hydrogen-bond acceptors (Lipinski definition) is 2. The summed E-state index contributed by atoms with van der Waals surface area (Å²) in [5, 5.41) is 0. The van der Waals surface area contributed by atoms with E-state index in [0.717, 1.165) is 31.2 Å². The first kappa shape index (κ1) is 18.5. The molecule has 0 spiro atoms. The van der Waals surface area contributed by atoms with Gasteiger partial charge in [0.25, 0.3) is 0 Å². The predicted molar refractivity (Wildman–Crippen MR) is 93.6 cm³/mol. The van der Waals surface area contributed by atoms with Crippen molar-refractivity contribution in [1.82, 2.24) is 4.90 Å². The second-order valence-corrected chi connectivity index (χ2v) is 6.00. The van der Waals surface area contributed by atoms with Gasteiger partial charge in [0.1, 0.15) is 5.75 Å². The molecule has 0 radical (unpaired) electrons. The summed E-state index contributed by atoms with van der Waals surface area (Å²) in [5.74, 6) is 1.74. The summed E-state index contributed by atoms with van der Waals surface area (Å²) in [5.41, 5.74) is 0.662. The van der Waals surface area contributed by atoms with E-state index in [-0.39, 0.29) is 7.43 Å². The Bertz CT molecular complexity index is 463. The van der Waals surface area contributed by atoms with Gasteiger partial charge in [-0.1, -0.05) is 32.9 Å². The van der Waals surface area contributed by atoms with E-state index >= 15 is 0 Å². The van der Waals surface area contributed by atoms with Gasteiger partial charge in [-0.2, -0.15) is 0 Å². The van der Waals surface area contributed by atoms with Crippen LogP contribution in [0, 0.1) is 12.5 Å². The van der Waals surface area contributed by atoms with E-state index in [4.69, 9.17) is 11.3 Å². The van der Waals surface area contributed by atoms with Crippen molar-refractivity contribution in [2.75, 3.05) is 19.7 Å². The van der Waals surface area contributed by atoms with Gasteiger partial charge in [-0.15, -0.1) is 0 Å². The Hall–Kier alpha value is -1.53. The van der Waals surface area contributed by atoms with Gasteiger partial charge in [-0.3, -0.25) is 0 Å². The van der Waals surface area contributed by atoms with E-state index in [1.165, 1.54) is 25.8 Å². The molecule has 122 valence electrons. The molecule has 0 saturated carbocycles. The van der Waals surface area contributed by atoms with Crippen LogP contribution in [0.25, 0.3) is 4.85 Å². The second-order valence-electron chi connectivity index (χ2n) is 6.00. The van der Waals surface area contributed by atoms with Crippen molar-refractivity contribution < 1.29 is 4.74 Å². The first-order valence-corrected chi connectivity index (χ1v) is 8.07. The van der Waals surface area contributed by atoms with Crippen molar-refractivity contribution in [3.63, 3.8) is 0 Å². The van der Waals surface area contributed by atoms with Crippen LogP contribution in [0.3, 0.4) is 0 Å². The average Bonchev–Trinajstić information content (AvgIpc) is 2.53. The summed E-state index contributed by atoms with van der Waals surface area (Å²) in [6, 6.07) is 8.08. The van der Waals surface area contributed by atoms with Crippen molar-refractivity contribution in [2.24, 2.45) is 5.92 Å². The molecule has 22 heavy (non-hydrogen) atoms. The lowest BCUT2D eigenvalue weighted by Crippen LogP contribution is -2.42. The summed E-state index contributed by atoms with van der Waals surface area (Å²) in [6.07, 6.45) is 5.08. The highest BCUT2D eigenvalue weighted by atomic mass is 16.5. The molecule has 1 aliphatic rings. The Balaban J connectivity index is 0.00000242. The highest BCUT2D eigenvalue weighted by Gasteiger charge is 2.23. The van der Waals surface area contributed by atoms with Crippen LogP contribution in [-0.2, 0) is 0 Å². The molecule has 1 fully saturated rings. The van der Waals surface area contributed by atoms with Crippen molar-refractivity contribution in [3.8, 4) is 5.75 Å². The number of benzene rings is 1. The molecule has 1 heterocycles. The maximum atomic E-state index is 6.93. The number of piperidine rings is 1. The quantitative estimate of drug-likeness (QED) is 0.533. The van der Waals surface area contributed by atoms with Crippen molar-refractivity contribution in [1.29, 1.82) is 0 Å².